The number of carbonyl (C=O) groups is 1. The zero-order chi connectivity index (χ0) is 26.6. The lowest BCUT2D eigenvalue weighted by molar-refractivity contribution is -0.138. The van der Waals surface area contributed by atoms with Gasteiger partial charge < -0.3 is 9.47 Å². The summed E-state index contributed by atoms with van der Waals surface area (Å²) in [5.41, 5.74) is 3.86. The predicted molar refractivity (Wildman–Crippen MR) is 134 cm³/mol. The quantitative estimate of drug-likeness (QED) is 0.284. The van der Waals surface area contributed by atoms with Gasteiger partial charge in [0.2, 0.25) is 5.95 Å². The normalized spacial score (nSPS) is 15.6. The van der Waals surface area contributed by atoms with Gasteiger partial charge in [-0.15, -0.1) is 0 Å². The Morgan fingerprint density at radius 1 is 1.22 bits per heavy atom. The summed E-state index contributed by atoms with van der Waals surface area (Å²) in [7, 11) is 1.86. The Hall–Kier alpha value is -3.71. The number of carbonyl (C=O) groups excluding carboxylic acids is 1. The number of aryl methyl sites for hydroxylation is 1. The fourth-order valence-electron chi connectivity index (χ4n) is 4.57. The summed E-state index contributed by atoms with van der Waals surface area (Å²) >= 11 is 2.89. The molecule has 1 aliphatic heterocycles. The van der Waals surface area contributed by atoms with Crippen LogP contribution in [0.2, 0.25) is 0 Å². The van der Waals surface area contributed by atoms with Crippen molar-refractivity contribution in [2.45, 2.75) is 32.1 Å². The molecule has 2 aromatic carbocycles. The van der Waals surface area contributed by atoms with Crippen LogP contribution in [0.15, 0.2) is 52.0 Å². The molecule has 3 heterocycles. The third-order valence-electron chi connectivity index (χ3n) is 6.49. The number of anilines is 1. The molecular weight excluding hydrogens is 555 g/mol. The number of nitrogens with zero attached hydrogens (tertiary/aromatic N) is 5. The van der Waals surface area contributed by atoms with Crippen molar-refractivity contribution in [2.24, 2.45) is 12.9 Å². The number of imidazole rings is 1. The van der Waals surface area contributed by atoms with E-state index in [4.69, 9.17) is 5.84 Å². The minimum Gasteiger partial charge on any atom is -0.334 e. The fraction of sp³-hybridized carbons (Fsp3) is 0.250. The van der Waals surface area contributed by atoms with Gasteiger partial charge in [-0.1, -0.05) is 15.9 Å². The first kappa shape index (κ1) is 25.0. The minimum atomic E-state index is -4.62. The number of fused-ring (bicyclic) bond motifs is 2. The van der Waals surface area contributed by atoms with Gasteiger partial charge in [-0.25, -0.2) is 20.4 Å². The van der Waals surface area contributed by atoms with Gasteiger partial charge in [0.15, 0.2) is 0 Å². The van der Waals surface area contributed by atoms with Crippen molar-refractivity contribution in [3.05, 3.63) is 79.9 Å². The average molecular weight is 576 g/mol. The summed E-state index contributed by atoms with van der Waals surface area (Å²) in [4.78, 5) is 37.1. The van der Waals surface area contributed by atoms with Gasteiger partial charge in [-0.05, 0) is 49.7 Å². The monoisotopic (exact) mass is 575 g/mol. The summed E-state index contributed by atoms with van der Waals surface area (Å²) in [6, 6.07) is 8.23. The van der Waals surface area contributed by atoms with Crippen LogP contribution in [0.3, 0.4) is 0 Å². The van der Waals surface area contributed by atoms with Crippen molar-refractivity contribution < 1.29 is 18.0 Å². The van der Waals surface area contributed by atoms with Crippen LogP contribution >= 0.6 is 15.9 Å². The highest BCUT2D eigenvalue weighted by molar-refractivity contribution is 9.10. The molecular formula is C24H21BrF3N7O2. The number of aromatic nitrogens is 4. The predicted octanol–water partition coefficient (Wildman–Crippen LogP) is 3.77. The Morgan fingerprint density at radius 2 is 1.97 bits per heavy atom. The lowest BCUT2D eigenvalue weighted by Crippen LogP contribution is -2.46. The van der Waals surface area contributed by atoms with Crippen molar-refractivity contribution in [1.29, 1.82) is 0 Å². The van der Waals surface area contributed by atoms with E-state index in [0.717, 1.165) is 11.6 Å². The zero-order valence-corrected chi connectivity index (χ0v) is 21.3. The van der Waals surface area contributed by atoms with E-state index in [1.54, 1.807) is 25.4 Å². The number of hydrogen-bond donors (Lipinski definition) is 2. The second-order valence-corrected chi connectivity index (χ2v) is 9.71. The molecule has 0 bridgehead atoms. The zero-order valence-electron chi connectivity index (χ0n) is 19.7. The average Bonchev–Trinajstić information content (AvgIpc) is 3.23. The van der Waals surface area contributed by atoms with Crippen LogP contribution in [0.4, 0.5) is 19.1 Å². The number of benzene rings is 2. The molecule has 13 heteroatoms. The third kappa shape index (κ3) is 4.27. The third-order valence-corrected chi connectivity index (χ3v) is 7.18. The summed E-state index contributed by atoms with van der Waals surface area (Å²) in [5, 5.41) is 0. The Labute approximate surface area is 216 Å². The van der Waals surface area contributed by atoms with E-state index in [-0.39, 0.29) is 34.5 Å². The maximum Gasteiger partial charge on any atom is 0.417 e. The molecule has 2 aromatic heterocycles. The highest BCUT2D eigenvalue weighted by atomic mass is 79.9. The lowest BCUT2D eigenvalue weighted by Gasteiger charge is -2.34. The molecule has 0 saturated carbocycles. The van der Waals surface area contributed by atoms with E-state index >= 15 is 0 Å². The number of alkyl halides is 3. The van der Waals surface area contributed by atoms with E-state index in [1.807, 2.05) is 17.7 Å². The second kappa shape index (κ2) is 8.99. The molecule has 37 heavy (non-hydrogen) atoms. The first-order chi connectivity index (χ1) is 17.5. The SMILES string of the molecule is C[C@@H]1Cc2c(nc(NN)n(-c3ccc4c(c3)ncn4C)c2=O)CN1C(=O)c1ccc(Br)c(C(F)(F)F)c1. The number of nitrogens with one attached hydrogen (secondary N) is 1. The highest BCUT2D eigenvalue weighted by Crippen LogP contribution is 2.36. The van der Waals surface area contributed by atoms with Gasteiger partial charge in [-0.2, -0.15) is 13.2 Å². The van der Waals surface area contributed by atoms with Crippen molar-refractivity contribution >= 4 is 38.8 Å². The smallest absolute Gasteiger partial charge is 0.334 e. The summed E-state index contributed by atoms with van der Waals surface area (Å²) < 4.78 is 43.2. The molecule has 0 saturated heterocycles. The number of hydrazine groups is 1. The molecule has 1 amide bonds. The van der Waals surface area contributed by atoms with Crippen LogP contribution in [-0.4, -0.2) is 36.0 Å². The van der Waals surface area contributed by atoms with Crippen LogP contribution < -0.4 is 16.8 Å². The first-order valence-corrected chi connectivity index (χ1v) is 12.0. The number of rotatable bonds is 3. The molecule has 4 aromatic rings. The van der Waals surface area contributed by atoms with Gasteiger partial charge in [0.05, 0.1) is 40.9 Å². The summed E-state index contributed by atoms with van der Waals surface area (Å²) in [6.45, 7) is 1.68. The largest absolute Gasteiger partial charge is 0.417 e. The lowest BCUT2D eigenvalue weighted by atomic mass is 9.98. The van der Waals surface area contributed by atoms with Gasteiger partial charge in [0.25, 0.3) is 11.5 Å². The summed E-state index contributed by atoms with van der Waals surface area (Å²) in [6.07, 6.45) is -2.78. The van der Waals surface area contributed by atoms with E-state index < -0.39 is 23.7 Å². The Bertz CT molecular complexity index is 1610. The van der Waals surface area contributed by atoms with Crippen LogP contribution in [0.5, 0.6) is 0 Å². The van der Waals surface area contributed by atoms with Crippen molar-refractivity contribution in [3.8, 4) is 5.69 Å². The fourth-order valence-corrected chi connectivity index (χ4v) is 5.04. The van der Waals surface area contributed by atoms with Crippen molar-refractivity contribution in [3.63, 3.8) is 0 Å². The van der Waals surface area contributed by atoms with Gasteiger partial charge in [-0.3, -0.25) is 15.0 Å². The van der Waals surface area contributed by atoms with E-state index in [9.17, 15) is 22.8 Å². The molecule has 192 valence electrons. The number of amides is 1. The molecule has 3 N–H and O–H groups in total. The number of hydrogen-bond acceptors (Lipinski definition) is 6. The number of nitrogen functional groups attached to an aromatic ring is 1. The van der Waals surface area contributed by atoms with Gasteiger partial charge >= 0.3 is 6.18 Å². The Balaban J connectivity index is 1.54. The molecule has 0 radical (unpaired) electrons. The Morgan fingerprint density at radius 3 is 2.68 bits per heavy atom. The minimum absolute atomic E-state index is 0.0587. The molecule has 0 unspecified atom stereocenters. The molecule has 1 aliphatic rings. The standard InChI is InChI=1S/C24H21BrF3N7O2/c1-12-7-15-19(10-34(12)21(36)13-3-5-17(25)16(8-13)24(26,27)28)31-23(32-29)35(22(15)37)14-4-6-20-18(9-14)30-11-33(20)2/h3-6,8-9,11-12H,7,10,29H2,1-2H3,(H,31,32)/t12-/m1/s1. The molecule has 1 atom stereocenters. The van der Waals surface area contributed by atoms with Crippen LogP contribution in [0.25, 0.3) is 16.7 Å². The highest BCUT2D eigenvalue weighted by Gasteiger charge is 2.36. The molecule has 9 nitrogen and oxygen atoms in total. The maximum absolute atomic E-state index is 13.6. The second-order valence-electron chi connectivity index (χ2n) is 8.85. The Kier molecular flexibility index (Phi) is 6.07. The van der Waals surface area contributed by atoms with Gasteiger partial charge in [0, 0.05) is 28.7 Å². The summed E-state index contributed by atoms with van der Waals surface area (Å²) in [5.74, 6) is 5.17. The first-order valence-electron chi connectivity index (χ1n) is 11.2. The van der Waals surface area contributed by atoms with E-state index in [0.29, 0.717) is 22.5 Å². The molecule has 0 spiro atoms. The van der Waals surface area contributed by atoms with Crippen LogP contribution in [0.1, 0.15) is 34.1 Å². The molecule has 5 rings (SSSR count). The molecule has 0 aliphatic carbocycles. The van der Waals surface area contributed by atoms with Crippen molar-refractivity contribution in [1.82, 2.24) is 24.0 Å². The van der Waals surface area contributed by atoms with E-state index in [2.05, 4.69) is 31.3 Å². The van der Waals surface area contributed by atoms with E-state index in [1.165, 1.54) is 21.6 Å². The number of halogens is 4. The van der Waals surface area contributed by atoms with Crippen molar-refractivity contribution in [2.75, 3.05) is 5.43 Å². The van der Waals surface area contributed by atoms with Crippen LogP contribution in [-0.2, 0) is 26.2 Å². The topological polar surface area (TPSA) is 111 Å². The number of nitrogens with two attached hydrogens (primary N) is 1. The van der Waals surface area contributed by atoms with Crippen LogP contribution in [0, 0.1) is 0 Å². The van der Waals surface area contributed by atoms with Gasteiger partial charge in [0.1, 0.15) is 0 Å². The molecule has 0 fully saturated rings. The maximum atomic E-state index is 13.6.